The van der Waals surface area contributed by atoms with Gasteiger partial charge in [0, 0.05) is 28.2 Å². The van der Waals surface area contributed by atoms with Crippen LogP contribution in [0.1, 0.15) is 86.7 Å². The van der Waals surface area contributed by atoms with Crippen LogP contribution in [0.25, 0.3) is 0 Å². The summed E-state index contributed by atoms with van der Waals surface area (Å²) in [5, 5.41) is 9.76. The van der Waals surface area contributed by atoms with Crippen molar-refractivity contribution in [1.29, 1.82) is 0 Å². The Kier molecular flexibility index (Phi) is 12.8. The van der Waals surface area contributed by atoms with Gasteiger partial charge in [-0.15, -0.1) is 0 Å². The van der Waals surface area contributed by atoms with Gasteiger partial charge in [-0.25, -0.2) is 0 Å². The molecule has 0 bridgehead atoms. The van der Waals surface area contributed by atoms with Crippen molar-refractivity contribution in [2.24, 2.45) is 0 Å². The highest BCUT2D eigenvalue weighted by Crippen LogP contribution is 2.36. The van der Waals surface area contributed by atoms with Crippen LogP contribution in [0.5, 0.6) is 17.2 Å². The lowest BCUT2D eigenvalue weighted by Gasteiger charge is -2.26. The highest BCUT2D eigenvalue weighted by atomic mass is 16.5. The molecule has 0 heterocycles. The molecule has 5 nitrogen and oxygen atoms in total. The molecule has 44 heavy (non-hydrogen) atoms. The lowest BCUT2D eigenvalue weighted by Crippen LogP contribution is -2.10. The summed E-state index contributed by atoms with van der Waals surface area (Å²) in [6.07, 6.45) is 10.0. The number of hydrogen-bond donors (Lipinski definition) is 1. The van der Waals surface area contributed by atoms with Gasteiger partial charge in [-0.3, -0.25) is 4.79 Å². The van der Waals surface area contributed by atoms with E-state index in [0.29, 0.717) is 11.8 Å². The standard InChI is InChI=1S/C39H43NO4/c1-3-5-7-9-27-43-37-22-18-35(19-23-37)40(36-20-24-38(25-21-36)44-28-10-8-6-4-2)34-16-13-31(14-17-34)11-12-32-15-26-39(42)33(29-32)30-41/h13-26,29-30,42H,3-10,27-28H2,1-2H3. The average molecular weight is 590 g/mol. The van der Waals surface area contributed by atoms with E-state index in [2.05, 4.69) is 54.9 Å². The number of ether oxygens (including phenoxy) is 2. The molecule has 4 rings (SSSR count). The number of benzene rings is 4. The Bertz CT molecular complexity index is 1440. The number of anilines is 3. The van der Waals surface area contributed by atoms with Gasteiger partial charge in [0.15, 0.2) is 6.29 Å². The number of phenols is 1. The second-order valence-corrected chi connectivity index (χ2v) is 10.8. The minimum absolute atomic E-state index is 0.0480. The summed E-state index contributed by atoms with van der Waals surface area (Å²) in [5.74, 6) is 7.93. The van der Waals surface area contributed by atoms with Crippen molar-refractivity contribution in [3.8, 4) is 29.1 Å². The lowest BCUT2D eigenvalue weighted by molar-refractivity contribution is 0.112. The van der Waals surface area contributed by atoms with Gasteiger partial charge in [0.1, 0.15) is 17.2 Å². The molecule has 1 N–H and O–H groups in total. The number of rotatable bonds is 16. The van der Waals surface area contributed by atoms with Crippen molar-refractivity contribution < 1.29 is 19.4 Å². The summed E-state index contributed by atoms with van der Waals surface area (Å²) in [7, 11) is 0. The van der Waals surface area contributed by atoms with E-state index in [-0.39, 0.29) is 11.3 Å². The van der Waals surface area contributed by atoms with Crippen LogP contribution in [0.15, 0.2) is 91.0 Å². The van der Waals surface area contributed by atoms with Gasteiger partial charge in [0.05, 0.1) is 18.8 Å². The predicted octanol–water partition coefficient (Wildman–Crippen LogP) is 9.99. The van der Waals surface area contributed by atoms with Crippen LogP contribution in [-0.4, -0.2) is 24.6 Å². The minimum atomic E-state index is -0.0480. The SMILES string of the molecule is CCCCCCOc1ccc(N(c2ccc(C#Cc3ccc(O)c(C=O)c3)cc2)c2ccc(OCCCCCC)cc2)cc1. The second-order valence-electron chi connectivity index (χ2n) is 10.8. The van der Waals surface area contributed by atoms with Crippen LogP contribution < -0.4 is 14.4 Å². The number of aldehydes is 1. The molecular weight excluding hydrogens is 546 g/mol. The van der Waals surface area contributed by atoms with Crippen LogP contribution in [0, 0.1) is 11.8 Å². The smallest absolute Gasteiger partial charge is 0.153 e. The van der Waals surface area contributed by atoms with Crippen molar-refractivity contribution in [1.82, 2.24) is 0 Å². The van der Waals surface area contributed by atoms with E-state index in [0.717, 1.165) is 60.2 Å². The van der Waals surface area contributed by atoms with E-state index in [9.17, 15) is 9.90 Å². The number of carbonyl (C=O) groups excluding carboxylic acids is 1. The summed E-state index contributed by atoms with van der Waals surface area (Å²) >= 11 is 0. The van der Waals surface area contributed by atoms with Gasteiger partial charge < -0.3 is 19.5 Å². The maximum Gasteiger partial charge on any atom is 0.153 e. The van der Waals surface area contributed by atoms with Crippen LogP contribution in [0.2, 0.25) is 0 Å². The third-order valence-electron chi connectivity index (χ3n) is 7.35. The number of nitrogens with zero attached hydrogens (tertiary/aromatic N) is 1. The van der Waals surface area contributed by atoms with Gasteiger partial charge >= 0.3 is 0 Å². The summed E-state index contributed by atoms with van der Waals surface area (Å²) in [4.78, 5) is 13.4. The first-order valence-electron chi connectivity index (χ1n) is 15.8. The molecule has 228 valence electrons. The zero-order chi connectivity index (χ0) is 31.0. The molecular formula is C39H43NO4. The van der Waals surface area contributed by atoms with E-state index in [1.807, 2.05) is 48.5 Å². The fourth-order valence-electron chi connectivity index (χ4n) is 4.83. The van der Waals surface area contributed by atoms with Crippen LogP contribution >= 0.6 is 0 Å². The normalized spacial score (nSPS) is 10.5. The van der Waals surface area contributed by atoms with Crippen LogP contribution in [0.3, 0.4) is 0 Å². The summed E-state index contributed by atoms with van der Waals surface area (Å²) in [5.41, 5.74) is 4.75. The van der Waals surface area contributed by atoms with Gasteiger partial charge in [-0.05, 0) is 104 Å². The highest BCUT2D eigenvalue weighted by Gasteiger charge is 2.13. The maximum atomic E-state index is 11.2. The first-order valence-corrected chi connectivity index (χ1v) is 15.8. The molecule has 0 radical (unpaired) electrons. The molecule has 0 saturated carbocycles. The first kappa shape index (κ1) is 32.2. The largest absolute Gasteiger partial charge is 0.507 e. The van der Waals surface area contributed by atoms with E-state index in [4.69, 9.17) is 9.47 Å². The molecule has 0 aliphatic carbocycles. The predicted molar refractivity (Wildman–Crippen MR) is 180 cm³/mol. The first-order chi connectivity index (χ1) is 21.6. The fraction of sp³-hybridized carbons (Fsp3) is 0.308. The number of aromatic hydroxyl groups is 1. The fourth-order valence-corrected chi connectivity index (χ4v) is 4.83. The van der Waals surface area contributed by atoms with Crippen molar-refractivity contribution in [3.05, 3.63) is 108 Å². The molecule has 5 heteroatoms. The van der Waals surface area contributed by atoms with E-state index < -0.39 is 0 Å². The third-order valence-corrected chi connectivity index (χ3v) is 7.35. The molecule has 0 saturated heterocycles. The van der Waals surface area contributed by atoms with Crippen molar-refractivity contribution >= 4 is 23.3 Å². The number of unbranched alkanes of at least 4 members (excludes halogenated alkanes) is 6. The maximum absolute atomic E-state index is 11.2. The van der Waals surface area contributed by atoms with Gasteiger partial charge in [0.25, 0.3) is 0 Å². The topological polar surface area (TPSA) is 59.0 Å². The summed E-state index contributed by atoms with van der Waals surface area (Å²) in [6.45, 7) is 5.88. The Hall–Kier alpha value is -4.69. The third kappa shape index (κ3) is 9.67. The molecule has 0 aliphatic rings. The molecule has 0 atom stereocenters. The Balaban J connectivity index is 1.53. The van der Waals surface area contributed by atoms with Crippen molar-refractivity contribution in [3.63, 3.8) is 0 Å². The van der Waals surface area contributed by atoms with Crippen molar-refractivity contribution in [2.75, 3.05) is 18.1 Å². The number of phenolic OH excluding ortho intramolecular Hbond substituents is 1. The van der Waals surface area contributed by atoms with Gasteiger partial charge in [-0.1, -0.05) is 64.2 Å². The molecule has 0 unspecified atom stereocenters. The zero-order valence-corrected chi connectivity index (χ0v) is 25.9. The zero-order valence-electron chi connectivity index (χ0n) is 25.9. The molecule has 0 spiro atoms. The summed E-state index contributed by atoms with van der Waals surface area (Å²) in [6, 6.07) is 29.3. The Morgan fingerprint density at radius 3 is 1.55 bits per heavy atom. The van der Waals surface area contributed by atoms with Crippen LogP contribution in [0.4, 0.5) is 17.1 Å². The second kappa shape index (κ2) is 17.4. The number of carbonyl (C=O) groups is 1. The number of hydrogen-bond acceptors (Lipinski definition) is 5. The Morgan fingerprint density at radius 1 is 0.614 bits per heavy atom. The monoisotopic (exact) mass is 589 g/mol. The Morgan fingerprint density at radius 2 is 1.07 bits per heavy atom. The van der Waals surface area contributed by atoms with Crippen molar-refractivity contribution in [2.45, 2.75) is 65.2 Å². The van der Waals surface area contributed by atoms with Gasteiger partial charge in [-0.2, -0.15) is 0 Å². The Labute approximate surface area is 262 Å². The van der Waals surface area contributed by atoms with E-state index in [1.54, 1.807) is 12.1 Å². The van der Waals surface area contributed by atoms with Gasteiger partial charge in [0.2, 0.25) is 0 Å². The highest BCUT2D eigenvalue weighted by molar-refractivity contribution is 5.80. The minimum Gasteiger partial charge on any atom is -0.507 e. The van der Waals surface area contributed by atoms with E-state index in [1.165, 1.54) is 44.6 Å². The molecule has 0 aromatic heterocycles. The van der Waals surface area contributed by atoms with Crippen LogP contribution in [-0.2, 0) is 0 Å². The lowest BCUT2D eigenvalue weighted by atomic mass is 10.1. The molecule has 0 aliphatic heterocycles. The quantitative estimate of drug-likeness (QED) is 0.0801. The summed E-state index contributed by atoms with van der Waals surface area (Å²) < 4.78 is 12.0. The molecule has 0 amide bonds. The average Bonchev–Trinajstić information content (AvgIpc) is 3.06. The molecule has 4 aromatic carbocycles. The molecule has 0 fully saturated rings. The van der Waals surface area contributed by atoms with E-state index >= 15 is 0 Å². The molecule has 4 aromatic rings.